The molecular formula is C21H33IN4O5. The Balaban J connectivity index is 0.00000341. The molecule has 0 radical (unpaired) electrons. The molecular weight excluding hydrogens is 515 g/mol. The number of methoxy groups -OCH3 is 3. The third-order valence-corrected chi connectivity index (χ3v) is 5.55. The second-order valence-electron chi connectivity index (χ2n) is 7.23. The van der Waals surface area contributed by atoms with Gasteiger partial charge < -0.3 is 34.1 Å². The van der Waals surface area contributed by atoms with Gasteiger partial charge in [-0.05, 0) is 12.8 Å². The van der Waals surface area contributed by atoms with Crippen LogP contribution in [0.2, 0.25) is 0 Å². The minimum absolute atomic E-state index is 0. The quantitative estimate of drug-likeness (QED) is 0.330. The van der Waals surface area contributed by atoms with E-state index in [4.69, 9.17) is 18.9 Å². The topological polar surface area (TPSA) is 84.9 Å². The van der Waals surface area contributed by atoms with Crippen molar-refractivity contribution in [1.82, 2.24) is 15.1 Å². The van der Waals surface area contributed by atoms with Crippen LogP contribution in [0.5, 0.6) is 17.2 Å². The highest BCUT2D eigenvalue weighted by atomic mass is 127. The largest absolute Gasteiger partial charge is 0.496 e. The molecule has 3 rings (SSSR count). The number of piperazine rings is 1. The van der Waals surface area contributed by atoms with E-state index in [0.29, 0.717) is 43.5 Å². The minimum Gasteiger partial charge on any atom is -0.496 e. The summed E-state index contributed by atoms with van der Waals surface area (Å²) in [5.41, 5.74) is 0.883. The summed E-state index contributed by atoms with van der Waals surface area (Å²) in [4.78, 5) is 21.0. The second-order valence-corrected chi connectivity index (χ2v) is 7.23. The molecule has 0 aromatic heterocycles. The van der Waals surface area contributed by atoms with E-state index in [9.17, 15) is 4.79 Å². The monoisotopic (exact) mass is 548 g/mol. The van der Waals surface area contributed by atoms with Crippen LogP contribution < -0.4 is 19.5 Å². The minimum atomic E-state index is -0.260. The summed E-state index contributed by atoms with van der Waals surface area (Å²) < 4.78 is 21.9. The van der Waals surface area contributed by atoms with Gasteiger partial charge in [0.15, 0.2) is 5.96 Å². The van der Waals surface area contributed by atoms with Gasteiger partial charge in [0.05, 0.1) is 33.4 Å². The number of nitrogens with one attached hydrogen (secondary N) is 1. The summed E-state index contributed by atoms with van der Waals surface area (Å²) >= 11 is 0. The van der Waals surface area contributed by atoms with Gasteiger partial charge in [-0.1, -0.05) is 0 Å². The van der Waals surface area contributed by atoms with Gasteiger partial charge in [-0.2, -0.15) is 0 Å². The van der Waals surface area contributed by atoms with E-state index in [1.54, 1.807) is 28.4 Å². The van der Waals surface area contributed by atoms with Crippen LogP contribution in [0, 0.1) is 0 Å². The van der Waals surface area contributed by atoms with Crippen LogP contribution in [-0.2, 0) is 16.1 Å². The summed E-state index contributed by atoms with van der Waals surface area (Å²) in [7, 11) is 6.61. The number of aliphatic imine (C=N–C) groups is 1. The van der Waals surface area contributed by atoms with Gasteiger partial charge in [0.2, 0.25) is 0 Å². The average Bonchev–Trinajstić information content (AvgIpc) is 3.34. The Morgan fingerprint density at radius 2 is 1.71 bits per heavy atom. The molecule has 2 aliphatic heterocycles. The third-order valence-electron chi connectivity index (χ3n) is 5.55. The number of carbonyl (C=O) groups is 1. The summed E-state index contributed by atoms with van der Waals surface area (Å²) in [6, 6.07) is 3.66. The van der Waals surface area contributed by atoms with E-state index < -0.39 is 0 Å². The summed E-state index contributed by atoms with van der Waals surface area (Å²) in [5, 5.41) is 3.39. The van der Waals surface area contributed by atoms with Crippen molar-refractivity contribution >= 4 is 35.8 Å². The molecule has 1 N–H and O–H groups in total. The Labute approximate surface area is 201 Å². The van der Waals surface area contributed by atoms with Gasteiger partial charge in [0.1, 0.15) is 23.4 Å². The molecule has 0 aliphatic carbocycles. The maximum absolute atomic E-state index is 12.5. The maximum Gasteiger partial charge on any atom is 0.251 e. The van der Waals surface area contributed by atoms with E-state index in [-0.39, 0.29) is 36.0 Å². The number of hydrogen-bond donors (Lipinski definition) is 1. The van der Waals surface area contributed by atoms with Gasteiger partial charge in [-0.15, -0.1) is 24.0 Å². The normalized spacial score (nSPS) is 19.0. The van der Waals surface area contributed by atoms with Crippen molar-refractivity contribution in [3.05, 3.63) is 17.7 Å². The van der Waals surface area contributed by atoms with Gasteiger partial charge in [-0.25, -0.2) is 0 Å². The highest BCUT2D eigenvalue weighted by Crippen LogP contribution is 2.33. The molecule has 1 aromatic carbocycles. The zero-order valence-electron chi connectivity index (χ0n) is 18.7. The molecule has 2 aliphatic rings. The lowest BCUT2D eigenvalue weighted by atomic mass is 10.1. The molecule has 2 fully saturated rings. The number of nitrogens with zero attached hydrogens (tertiary/aromatic N) is 3. The molecule has 0 bridgehead atoms. The first-order valence-electron chi connectivity index (χ1n) is 10.3. The van der Waals surface area contributed by atoms with Crippen LogP contribution in [0.3, 0.4) is 0 Å². The molecule has 1 aromatic rings. The first kappa shape index (κ1) is 25.3. The van der Waals surface area contributed by atoms with Crippen LogP contribution in [0.25, 0.3) is 0 Å². The molecule has 0 saturated carbocycles. The SMILES string of the molecule is CN=C(NCc1c(OC)cc(OC)cc1OC)N1CCN(C(=O)C2CCCO2)CC1.I. The fraction of sp³-hybridized carbons (Fsp3) is 0.619. The lowest BCUT2D eigenvalue weighted by Gasteiger charge is -2.37. The molecule has 10 heteroatoms. The molecule has 2 saturated heterocycles. The predicted molar refractivity (Wildman–Crippen MR) is 129 cm³/mol. The fourth-order valence-corrected chi connectivity index (χ4v) is 3.87. The Morgan fingerprint density at radius 3 is 2.19 bits per heavy atom. The first-order valence-corrected chi connectivity index (χ1v) is 10.3. The zero-order valence-corrected chi connectivity index (χ0v) is 21.0. The van der Waals surface area contributed by atoms with Gasteiger partial charge >= 0.3 is 0 Å². The fourth-order valence-electron chi connectivity index (χ4n) is 3.87. The number of guanidine groups is 1. The Bertz CT molecular complexity index is 737. The number of hydrogen-bond acceptors (Lipinski definition) is 6. The number of rotatable bonds is 6. The van der Waals surface area contributed by atoms with E-state index in [0.717, 1.165) is 37.5 Å². The molecule has 9 nitrogen and oxygen atoms in total. The van der Waals surface area contributed by atoms with Crippen molar-refractivity contribution in [2.75, 3.05) is 61.2 Å². The molecule has 0 spiro atoms. The second kappa shape index (κ2) is 12.2. The van der Waals surface area contributed by atoms with Gasteiger partial charge in [0.25, 0.3) is 5.91 Å². The lowest BCUT2D eigenvalue weighted by molar-refractivity contribution is -0.142. The highest BCUT2D eigenvalue weighted by Gasteiger charge is 2.31. The molecule has 1 atom stereocenters. The average molecular weight is 548 g/mol. The third kappa shape index (κ3) is 6.06. The van der Waals surface area contributed by atoms with Crippen LogP contribution in [-0.4, -0.2) is 88.9 Å². The van der Waals surface area contributed by atoms with Crippen LogP contribution in [0.4, 0.5) is 0 Å². The van der Waals surface area contributed by atoms with Crippen LogP contribution >= 0.6 is 24.0 Å². The Morgan fingerprint density at radius 1 is 1.10 bits per heavy atom. The van der Waals surface area contributed by atoms with Crippen molar-refractivity contribution in [3.8, 4) is 17.2 Å². The number of amides is 1. The van der Waals surface area contributed by atoms with Crippen LogP contribution in [0.15, 0.2) is 17.1 Å². The number of halogens is 1. The van der Waals surface area contributed by atoms with E-state index in [2.05, 4.69) is 15.2 Å². The molecule has 2 heterocycles. The molecule has 1 unspecified atom stereocenters. The van der Waals surface area contributed by atoms with E-state index in [1.807, 2.05) is 17.0 Å². The van der Waals surface area contributed by atoms with Crippen molar-refractivity contribution in [2.45, 2.75) is 25.5 Å². The van der Waals surface area contributed by atoms with Gasteiger partial charge in [-0.3, -0.25) is 9.79 Å². The number of carbonyl (C=O) groups excluding carboxylic acids is 1. The smallest absolute Gasteiger partial charge is 0.251 e. The number of benzene rings is 1. The molecule has 31 heavy (non-hydrogen) atoms. The zero-order chi connectivity index (χ0) is 21.5. The van der Waals surface area contributed by atoms with Crippen molar-refractivity contribution < 1.29 is 23.7 Å². The van der Waals surface area contributed by atoms with Crippen molar-refractivity contribution in [2.24, 2.45) is 4.99 Å². The Kier molecular flexibility index (Phi) is 9.94. The first-order chi connectivity index (χ1) is 14.6. The summed E-state index contributed by atoms with van der Waals surface area (Å²) in [6.07, 6.45) is 1.53. The van der Waals surface area contributed by atoms with E-state index >= 15 is 0 Å². The summed E-state index contributed by atoms with van der Waals surface area (Å²) in [6.45, 7) is 3.93. The molecule has 1 amide bonds. The predicted octanol–water partition coefficient (Wildman–Crippen LogP) is 1.73. The van der Waals surface area contributed by atoms with Crippen molar-refractivity contribution in [1.29, 1.82) is 0 Å². The highest BCUT2D eigenvalue weighted by molar-refractivity contribution is 14.0. The molecule has 174 valence electrons. The number of ether oxygens (including phenoxy) is 4. The van der Waals surface area contributed by atoms with Gasteiger partial charge in [0, 0.05) is 52.0 Å². The Hall–Kier alpha value is -1.95. The maximum atomic E-state index is 12.5. The van der Waals surface area contributed by atoms with E-state index in [1.165, 1.54) is 0 Å². The lowest BCUT2D eigenvalue weighted by Crippen LogP contribution is -2.55. The van der Waals surface area contributed by atoms with Crippen LogP contribution in [0.1, 0.15) is 18.4 Å². The standard InChI is InChI=1S/C21H32N4O5.HI/c1-22-21(23-14-16-18(28-3)12-15(27-2)13-19(16)29-4)25-9-7-24(8-10-25)20(26)17-6-5-11-30-17;/h12-13,17H,5-11,14H2,1-4H3,(H,22,23);1H. The summed E-state index contributed by atoms with van der Waals surface area (Å²) in [5.74, 6) is 2.92. The van der Waals surface area contributed by atoms with Crippen molar-refractivity contribution in [3.63, 3.8) is 0 Å².